The Morgan fingerprint density at radius 3 is 2.54 bits per heavy atom. The summed E-state index contributed by atoms with van der Waals surface area (Å²) in [7, 11) is 3.38. The van der Waals surface area contributed by atoms with Crippen molar-refractivity contribution in [2.75, 3.05) is 37.5 Å². The molecule has 3 rings (SSSR count). The average Bonchev–Trinajstić information content (AvgIpc) is 2.72. The van der Waals surface area contributed by atoms with Crippen LogP contribution in [0, 0.1) is 0 Å². The number of rotatable bonds is 2. The van der Waals surface area contributed by atoms with Gasteiger partial charge in [-0.1, -0.05) is 36.4 Å². The Balaban J connectivity index is 1.84. The number of methoxy groups -OCH3 is 1. The number of nitrogens with zero attached hydrogens (tertiary/aromatic N) is 2. The van der Waals surface area contributed by atoms with Gasteiger partial charge < -0.3 is 19.9 Å². The lowest BCUT2D eigenvalue weighted by atomic mass is 10.0. The number of hydrogen-bond acceptors (Lipinski definition) is 3. The Morgan fingerprint density at radius 2 is 1.81 bits per heavy atom. The highest BCUT2D eigenvalue weighted by Gasteiger charge is 2.27. The first-order valence-electron chi connectivity index (χ1n) is 8.59. The number of benzene rings is 2. The van der Waals surface area contributed by atoms with Crippen LogP contribution in [0.1, 0.15) is 18.1 Å². The lowest BCUT2D eigenvalue weighted by Gasteiger charge is -2.24. The maximum Gasteiger partial charge on any atom is 0.322 e. The molecule has 0 aliphatic carbocycles. The molecule has 26 heavy (non-hydrogen) atoms. The summed E-state index contributed by atoms with van der Waals surface area (Å²) in [5.74, 6) is -0.141. The summed E-state index contributed by atoms with van der Waals surface area (Å²) < 4.78 is 5.64. The van der Waals surface area contributed by atoms with Crippen molar-refractivity contribution in [2.24, 2.45) is 0 Å². The second-order valence-corrected chi connectivity index (χ2v) is 6.24. The molecule has 1 heterocycles. The minimum Gasteiger partial charge on any atom is -0.377 e. The maximum absolute atomic E-state index is 12.7. The van der Waals surface area contributed by atoms with Crippen LogP contribution in [0.15, 0.2) is 54.6 Å². The van der Waals surface area contributed by atoms with Crippen LogP contribution in [0.4, 0.5) is 16.2 Å². The van der Waals surface area contributed by atoms with E-state index in [0.717, 1.165) is 11.3 Å². The largest absolute Gasteiger partial charge is 0.377 e. The second-order valence-electron chi connectivity index (χ2n) is 6.24. The van der Waals surface area contributed by atoms with Crippen LogP contribution in [0.25, 0.3) is 0 Å². The first-order valence-corrected chi connectivity index (χ1v) is 8.59. The van der Waals surface area contributed by atoms with Crippen molar-refractivity contribution < 1.29 is 14.3 Å². The lowest BCUT2D eigenvalue weighted by Crippen LogP contribution is -2.43. The van der Waals surface area contributed by atoms with Gasteiger partial charge in [-0.2, -0.15) is 0 Å². The normalized spacial score (nSPS) is 17.8. The molecule has 1 aliphatic heterocycles. The van der Waals surface area contributed by atoms with Crippen molar-refractivity contribution in [3.63, 3.8) is 0 Å². The lowest BCUT2D eigenvalue weighted by molar-refractivity contribution is -0.118. The Labute approximate surface area is 153 Å². The Kier molecular flexibility index (Phi) is 5.53. The number of nitrogens with one attached hydrogen (secondary N) is 1. The van der Waals surface area contributed by atoms with Crippen LogP contribution in [0.3, 0.4) is 0 Å². The molecule has 1 atom stereocenters. The molecule has 0 radical (unpaired) electrons. The molecule has 1 unspecified atom stereocenters. The molecule has 0 saturated carbocycles. The SMILES string of the molecule is COC1CCN(C(=O)Nc2ccccc2)CC(=O)N(C)c2ccccc21. The zero-order valence-corrected chi connectivity index (χ0v) is 15.0. The van der Waals surface area contributed by atoms with E-state index in [0.29, 0.717) is 18.7 Å². The topological polar surface area (TPSA) is 61.9 Å². The fourth-order valence-electron chi connectivity index (χ4n) is 3.12. The van der Waals surface area contributed by atoms with E-state index in [9.17, 15) is 9.59 Å². The third kappa shape index (κ3) is 3.86. The van der Waals surface area contributed by atoms with Crippen molar-refractivity contribution >= 4 is 23.3 Å². The number of carbonyl (C=O) groups excluding carboxylic acids is 2. The molecule has 136 valence electrons. The highest BCUT2D eigenvalue weighted by molar-refractivity contribution is 5.98. The molecule has 6 heteroatoms. The number of fused-ring (bicyclic) bond motifs is 1. The molecule has 1 aliphatic rings. The molecule has 0 bridgehead atoms. The van der Waals surface area contributed by atoms with Crippen molar-refractivity contribution in [1.82, 2.24) is 4.90 Å². The Hall–Kier alpha value is -2.86. The molecule has 0 spiro atoms. The van der Waals surface area contributed by atoms with E-state index in [-0.39, 0.29) is 24.6 Å². The predicted octanol–water partition coefficient (Wildman–Crippen LogP) is 3.27. The first-order chi connectivity index (χ1) is 12.6. The first kappa shape index (κ1) is 17.9. The van der Waals surface area contributed by atoms with Gasteiger partial charge in [0.25, 0.3) is 0 Å². The summed E-state index contributed by atoms with van der Waals surface area (Å²) >= 11 is 0. The number of urea groups is 1. The minimum atomic E-state index is -0.293. The molecule has 0 aromatic heterocycles. The van der Waals surface area contributed by atoms with Gasteiger partial charge in [0.05, 0.1) is 6.10 Å². The quantitative estimate of drug-likeness (QED) is 0.901. The number of likely N-dealkylation sites (N-methyl/N-ethyl adjacent to an activating group) is 1. The number of amides is 3. The number of para-hydroxylation sites is 2. The average molecular weight is 353 g/mol. The highest BCUT2D eigenvalue weighted by Crippen LogP contribution is 2.31. The third-order valence-electron chi connectivity index (χ3n) is 4.60. The predicted molar refractivity (Wildman–Crippen MR) is 101 cm³/mol. The minimum absolute atomic E-state index is 0.0138. The molecular formula is C20H23N3O3. The summed E-state index contributed by atoms with van der Waals surface area (Å²) in [6, 6.07) is 16.6. The fourth-order valence-corrected chi connectivity index (χ4v) is 3.12. The summed E-state index contributed by atoms with van der Waals surface area (Å²) in [5.41, 5.74) is 2.47. The van der Waals surface area contributed by atoms with Crippen LogP contribution in [0.2, 0.25) is 0 Å². The molecule has 0 fully saturated rings. The fraction of sp³-hybridized carbons (Fsp3) is 0.300. The van der Waals surface area contributed by atoms with Crippen molar-refractivity contribution in [2.45, 2.75) is 12.5 Å². The molecule has 2 aromatic rings. The zero-order chi connectivity index (χ0) is 18.5. The number of carbonyl (C=O) groups is 2. The molecule has 6 nitrogen and oxygen atoms in total. The third-order valence-corrected chi connectivity index (χ3v) is 4.60. The number of ether oxygens (including phenoxy) is 1. The van der Waals surface area contributed by atoms with E-state index in [1.807, 2.05) is 54.6 Å². The molecule has 1 N–H and O–H groups in total. The van der Waals surface area contributed by atoms with Crippen LogP contribution in [-0.4, -0.2) is 44.1 Å². The van der Waals surface area contributed by atoms with Gasteiger partial charge in [0.15, 0.2) is 0 Å². The van der Waals surface area contributed by atoms with E-state index in [4.69, 9.17) is 4.74 Å². The second kappa shape index (κ2) is 8.01. The van der Waals surface area contributed by atoms with Gasteiger partial charge in [0, 0.05) is 37.6 Å². The Bertz CT molecular complexity index is 779. The van der Waals surface area contributed by atoms with E-state index in [1.165, 1.54) is 4.90 Å². The van der Waals surface area contributed by atoms with Gasteiger partial charge in [0.2, 0.25) is 5.91 Å². The van der Waals surface area contributed by atoms with E-state index in [1.54, 1.807) is 19.1 Å². The van der Waals surface area contributed by atoms with Gasteiger partial charge in [-0.05, 0) is 24.6 Å². The summed E-state index contributed by atoms with van der Waals surface area (Å²) in [6.45, 7) is 0.436. The number of anilines is 2. The Morgan fingerprint density at radius 1 is 1.12 bits per heavy atom. The van der Waals surface area contributed by atoms with Gasteiger partial charge in [-0.3, -0.25) is 4.79 Å². The van der Waals surface area contributed by atoms with E-state index in [2.05, 4.69) is 5.32 Å². The molecular weight excluding hydrogens is 330 g/mol. The number of hydrogen-bond donors (Lipinski definition) is 1. The highest BCUT2D eigenvalue weighted by atomic mass is 16.5. The van der Waals surface area contributed by atoms with Gasteiger partial charge in [-0.25, -0.2) is 4.79 Å². The molecule has 3 amide bonds. The van der Waals surface area contributed by atoms with Crippen molar-refractivity contribution in [1.29, 1.82) is 0 Å². The van der Waals surface area contributed by atoms with E-state index >= 15 is 0 Å². The van der Waals surface area contributed by atoms with Crippen molar-refractivity contribution in [3.05, 3.63) is 60.2 Å². The maximum atomic E-state index is 12.7. The van der Waals surface area contributed by atoms with Gasteiger partial charge >= 0.3 is 6.03 Å². The van der Waals surface area contributed by atoms with Crippen LogP contribution < -0.4 is 10.2 Å². The van der Waals surface area contributed by atoms with Crippen LogP contribution in [0.5, 0.6) is 0 Å². The molecule has 2 aromatic carbocycles. The summed E-state index contributed by atoms with van der Waals surface area (Å²) in [6.07, 6.45) is 0.420. The van der Waals surface area contributed by atoms with E-state index < -0.39 is 0 Å². The smallest absolute Gasteiger partial charge is 0.322 e. The van der Waals surface area contributed by atoms with Crippen LogP contribution in [-0.2, 0) is 9.53 Å². The van der Waals surface area contributed by atoms with Crippen LogP contribution >= 0.6 is 0 Å². The van der Waals surface area contributed by atoms with Gasteiger partial charge in [0.1, 0.15) is 6.54 Å². The molecule has 0 saturated heterocycles. The van der Waals surface area contributed by atoms with Crippen molar-refractivity contribution in [3.8, 4) is 0 Å². The summed E-state index contributed by atoms with van der Waals surface area (Å²) in [5, 5.41) is 2.85. The summed E-state index contributed by atoms with van der Waals surface area (Å²) in [4.78, 5) is 28.5. The van der Waals surface area contributed by atoms with Gasteiger partial charge in [-0.15, -0.1) is 0 Å². The standard InChI is InChI=1S/C20H23N3O3/c1-22-17-11-7-6-10-16(17)18(26-2)12-13-23(14-19(22)24)20(25)21-15-8-4-3-5-9-15/h3-11,18H,12-14H2,1-2H3,(H,21,25). The zero-order valence-electron chi connectivity index (χ0n) is 15.0. The monoisotopic (exact) mass is 353 g/mol.